The quantitative estimate of drug-likeness (QED) is 0.521. The molecule has 3 rings (SSSR count). The van der Waals surface area contributed by atoms with Crippen molar-refractivity contribution in [1.82, 2.24) is 14.9 Å². The Morgan fingerprint density at radius 2 is 2.08 bits per heavy atom. The number of benzene rings is 1. The normalized spacial score (nSPS) is 11.9. The van der Waals surface area contributed by atoms with Crippen molar-refractivity contribution in [2.45, 2.75) is 6.92 Å². The predicted octanol–water partition coefficient (Wildman–Crippen LogP) is 4.16. The zero-order valence-electron chi connectivity index (χ0n) is 14.6. The van der Waals surface area contributed by atoms with Crippen LogP contribution in [-0.2, 0) is 0 Å². The van der Waals surface area contributed by atoms with E-state index in [-0.39, 0.29) is 0 Å². The summed E-state index contributed by atoms with van der Waals surface area (Å²) in [5.41, 5.74) is 1.70. The van der Waals surface area contributed by atoms with Gasteiger partial charge in [0.05, 0.1) is 26.7 Å². The maximum atomic E-state index is 5.35. The van der Waals surface area contributed by atoms with Crippen LogP contribution in [-0.4, -0.2) is 35.3 Å². The van der Waals surface area contributed by atoms with Gasteiger partial charge < -0.3 is 13.9 Å². The van der Waals surface area contributed by atoms with Crippen molar-refractivity contribution in [2.24, 2.45) is 5.10 Å². The number of nitrogens with one attached hydrogen (secondary N) is 1. The predicted molar refractivity (Wildman–Crippen MR) is 102 cm³/mol. The molecule has 2 aromatic heterocycles. The number of ether oxygens (including phenoxy) is 2. The molecule has 0 atom stereocenters. The van der Waals surface area contributed by atoms with Gasteiger partial charge in [0.15, 0.2) is 17.3 Å². The molecule has 8 heteroatoms. The highest BCUT2D eigenvalue weighted by molar-refractivity contribution is 7.71. The van der Waals surface area contributed by atoms with Crippen LogP contribution in [0.4, 0.5) is 0 Å². The fraction of sp³-hybridized carbons (Fsp3) is 0.167. The van der Waals surface area contributed by atoms with E-state index in [2.05, 4.69) is 15.3 Å². The minimum Gasteiger partial charge on any atom is -0.493 e. The second-order valence-electron chi connectivity index (χ2n) is 5.38. The lowest BCUT2D eigenvalue weighted by molar-refractivity contribution is 0.355. The lowest BCUT2D eigenvalue weighted by Crippen LogP contribution is -1.96. The molecule has 1 aromatic carbocycles. The lowest BCUT2D eigenvalue weighted by Gasteiger charge is -2.09. The Balaban J connectivity index is 1.95. The number of aromatic amines is 1. The zero-order valence-corrected chi connectivity index (χ0v) is 15.4. The standard InChI is InChI=1S/C18H18N4O3S/c1-12(9-14-5-4-8-25-14)11-19-22-17(20-21-18(22)26)13-6-7-15(23-2)16(10-13)24-3/h4-11H,1-3H3,(H,21,26). The van der Waals surface area contributed by atoms with Crippen LogP contribution in [0.15, 0.2) is 51.7 Å². The summed E-state index contributed by atoms with van der Waals surface area (Å²) in [5.74, 6) is 2.56. The van der Waals surface area contributed by atoms with Crippen molar-refractivity contribution < 1.29 is 13.9 Å². The Morgan fingerprint density at radius 3 is 2.77 bits per heavy atom. The highest BCUT2D eigenvalue weighted by Crippen LogP contribution is 2.31. The van der Waals surface area contributed by atoms with Gasteiger partial charge in [-0.2, -0.15) is 14.9 Å². The first-order valence-electron chi connectivity index (χ1n) is 7.78. The highest BCUT2D eigenvalue weighted by atomic mass is 32.1. The Kier molecular flexibility index (Phi) is 5.33. The lowest BCUT2D eigenvalue weighted by atomic mass is 10.2. The van der Waals surface area contributed by atoms with Crippen LogP contribution in [0.3, 0.4) is 0 Å². The molecular formula is C18H18N4O3S. The fourth-order valence-electron chi connectivity index (χ4n) is 2.34. The number of hydrogen-bond donors (Lipinski definition) is 1. The second kappa shape index (κ2) is 7.83. The Labute approximate surface area is 155 Å². The van der Waals surface area contributed by atoms with Gasteiger partial charge in [-0.25, -0.2) is 5.10 Å². The topological polar surface area (TPSA) is 77.6 Å². The molecule has 0 saturated heterocycles. The molecule has 0 aliphatic heterocycles. The zero-order chi connectivity index (χ0) is 18.5. The second-order valence-corrected chi connectivity index (χ2v) is 5.77. The molecule has 0 amide bonds. The maximum absolute atomic E-state index is 5.35. The van der Waals surface area contributed by atoms with Gasteiger partial charge in [-0.1, -0.05) is 0 Å². The summed E-state index contributed by atoms with van der Waals surface area (Å²) >= 11 is 5.29. The van der Waals surface area contributed by atoms with Crippen molar-refractivity contribution in [2.75, 3.05) is 14.2 Å². The molecule has 0 aliphatic carbocycles. The monoisotopic (exact) mass is 370 g/mol. The van der Waals surface area contributed by atoms with Crippen molar-refractivity contribution in [3.05, 3.63) is 52.7 Å². The molecule has 3 aromatic rings. The molecule has 134 valence electrons. The Hall–Kier alpha value is -3.13. The van der Waals surface area contributed by atoms with Crippen LogP contribution < -0.4 is 9.47 Å². The molecule has 2 heterocycles. The molecule has 1 N–H and O–H groups in total. The molecule has 0 spiro atoms. The molecule has 7 nitrogen and oxygen atoms in total. The van der Waals surface area contributed by atoms with Crippen molar-refractivity contribution in [3.63, 3.8) is 0 Å². The van der Waals surface area contributed by atoms with Crippen LogP contribution in [0.2, 0.25) is 0 Å². The van der Waals surface area contributed by atoms with Crippen LogP contribution >= 0.6 is 12.2 Å². The third kappa shape index (κ3) is 3.75. The third-order valence-corrected chi connectivity index (χ3v) is 3.85. The number of aromatic nitrogens is 3. The van der Waals surface area contributed by atoms with Crippen LogP contribution in [0, 0.1) is 4.77 Å². The number of hydrogen-bond acceptors (Lipinski definition) is 6. The smallest absolute Gasteiger partial charge is 0.216 e. The average molecular weight is 370 g/mol. The summed E-state index contributed by atoms with van der Waals surface area (Å²) in [6, 6.07) is 9.20. The van der Waals surface area contributed by atoms with Gasteiger partial charge in [0.2, 0.25) is 4.77 Å². The molecule has 26 heavy (non-hydrogen) atoms. The maximum Gasteiger partial charge on any atom is 0.216 e. The molecular weight excluding hydrogens is 352 g/mol. The van der Waals surface area contributed by atoms with E-state index in [4.69, 9.17) is 26.1 Å². The highest BCUT2D eigenvalue weighted by Gasteiger charge is 2.12. The minimum atomic E-state index is 0.386. The van der Waals surface area contributed by atoms with Gasteiger partial charge in [-0.3, -0.25) is 0 Å². The van der Waals surface area contributed by atoms with Crippen molar-refractivity contribution in [3.8, 4) is 22.9 Å². The summed E-state index contributed by atoms with van der Waals surface area (Å²) in [6.07, 6.45) is 5.19. The van der Waals surface area contributed by atoms with Crippen molar-refractivity contribution >= 4 is 24.5 Å². The number of nitrogens with zero attached hydrogens (tertiary/aromatic N) is 3. The summed E-state index contributed by atoms with van der Waals surface area (Å²) < 4.78 is 17.8. The molecule has 0 bridgehead atoms. The van der Waals surface area contributed by atoms with Gasteiger partial charge in [0, 0.05) is 5.56 Å². The van der Waals surface area contributed by atoms with Gasteiger partial charge in [-0.15, -0.1) is 0 Å². The summed E-state index contributed by atoms with van der Waals surface area (Å²) in [4.78, 5) is 0. The van der Waals surface area contributed by atoms with E-state index in [0.717, 1.165) is 16.9 Å². The number of furan rings is 1. The number of rotatable bonds is 6. The van der Waals surface area contributed by atoms with Crippen LogP contribution in [0.5, 0.6) is 11.5 Å². The number of allylic oxidation sites excluding steroid dienone is 1. The SMILES string of the molecule is COc1ccc(-c2n[nH]c(=S)n2N=CC(C)=Cc2ccco2)cc1OC. The van der Waals surface area contributed by atoms with E-state index in [9.17, 15) is 0 Å². The minimum absolute atomic E-state index is 0.386. The largest absolute Gasteiger partial charge is 0.493 e. The van der Waals surface area contributed by atoms with Crippen LogP contribution in [0.25, 0.3) is 17.5 Å². The average Bonchev–Trinajstić information content (AvgIpc) is 3.29. The fourth-order valence-corrected chi connectivity index (χ4v) is 2.52. The Bertz CT molecular complexity index is 1000. The molecule has 0 fully saturated rings. The summed E-state index contributed by atoms with van der Waals surface area (Å²) in [7, 11) is 3.17. The summed E-state index contributed by atoms with van der Waals surface area (Å²) in [5, 5.41) is 11.5. The first-order valence-corrected chi connectivity index (χ1v) is 8.19. The van der Waals surface area contributed by atoms with E-state index in [0.29, 0.717) is 22.1 Å². The van der Waals surface area contributed by atoms with E-state index >= 15 is 0 Å². The molecule has 0 unspecified atom stereocenters. The first kappa shape index (κ1) is 17.7. The van der Waals surface area contributed by atoms with E-state index in [1.54, 1.807) is 31.4 Å². The van der Waals surface area contributed by atoms with E-state index < -0.39 is 0 Å². The number of H-pyrrole nitrogens is 1. The number of methoxy groups -OCH3 is 2. The van der Waals surface area contributed by atoms with Gasteiger partial charge >= 0.3 is 0 Å². The molecule has 0 radical (unpaired) electrons. The van der Waals surface area contributed by atoms with Gasteiger partial charge in [0.1, 0.15) is 5.76 Å². The first-order chi connectivity index (χ1) is 12.6. The third-order valence-electron chi connectivity index (χ3n) is 3.58. The molecule has 0 aliphatic rings. The van der Waals surface area contributed by atoms with Crippen molar-refractivity contribution in [1.29, 1.82) is 0 Å². The van der Waals surface area contributed by atoms with Gasteiger partial charge in [-0.05, 0) is 61.1 Å². The van der Waals surface area contributed by atoms with E-state index in [1.165, 1.54) is 0 Å². The van der Waals surface area contributed by atoms with E-state index in [1.807, 2.05) is 43.3 Å². The van der Waals surface area contributed by atoms with Crippen LogP contribution in [0.1, 0.15) is 12.7 Å². The Morgan fingerprint density at radius 1 is 1.27 bits per heavy atom. The van der Waals surface area contributed by atoms with Gasteiger partial charge in [0.25, 0.3) is 0 Å². The molecule has 0 saturated carbocycles. The summed E-state index contributed by atoms with van der Waals surface area (Å²) in [6.45, 7) is 1.92.